The molecule has 1 amide bonds. The Kier molecular flexibility index (Phi) is 4.80. The third-order valence-electron chi connectivity index (χ3n) is 4.79. The number of nitrogens with zero attached hydrogens (tertiary/aromatic N) is 3. The van der Waals surface area contributed by atoms with Gasteiger partial charge in [-0.2, -0.15) is 5.10 Å². The van der Waals surface area contributed by atoms with Crippen molar-refractivity contribution >= 4 is 12.1 Å². The summed E-state index contributed by atoms with van der Waals surface area (Å²) in [6.07, 6.45) is 5.88. The maximum Gasteiger partial charge on any atom is 0.215 e. The Morgan fingerprint density at radius 2 is 1.85 bits per heavy atom. The second-order valence-electron chi connectivity index (χ2n) is 6.68. The second-order valence-corrected chi connectivity index (χ2v) is 6.68. The minimum Gasteiger partial charge on any atom is -0.309 e. The van der Waals surface area contributed by atoms with Crippen molar-refractivity contribution in [1.82, 2.24) is 15.1 Å². The van der Waals surface area contributed by atoms with Crippen LogP contribution in [0, 0.1) is 0 Å². The van der Waals surface area contributed by atoms with Crippen molar-refractivity contribution in [3.05, 3.63) is 84.2 Å². The van der Waals surface area contributed by atoms with Crippen LogP contribution < -0.4 is 10.2 Å². The number of benzene rings is 2. The van der Waals surface area contributed by atoms with Gasteiger partial charge >= 0.3 is 0 Å². The SMILES string of the molecule is O=CN(Cn1cc(CNC2CC2c2ccccc2)cn1)c1ccccc1. The number of carbonyl (C=O) groups excluding carboxylic acids is 1. The summed E-state index contributed by atoms with van der Waals surface area (Å²) in [5.41, 5.74) is 3.40. The number of hydrogen-bond donors (Lipinski definition) is 1. The van der Waals surface area contributed by atoms with E-state index in [2.05, 4.69) is 40.7 Å². The van der Waals surface area contributed by atoms with Crippen LogP contribution in [0.1, 0.15) is 23.5 Å². The summed E-state index contributed by atoms with van der Waals surface area (Å²) in [5, 5.41) is 7.98. The maximum atomic E-state index is 11.4. The fourth-order valence-electron chi connectivity index (χ4n) is 3.26. The van der Waals surface area contributed by atoms with Crippen LogP contribution in [0.15, 0.2) is 73.1 Å². The molecule has 2 unspecified atom stereocenters. The van der Waals surface area contributed by atoms with Crippen molar-refractivity contribution < 1.29 is 4.79 Å². The molecule has 5 heteroatoms. The van der Waals surface area contributed by atoms with Gasteiger partial charge in [-0.05, 0) is 24.1 Å². The highest BCUT2D eigenvalue weighted by Crippen LogP contribution is 2.40. The van der Waals surface area contributed by atoms with Crippen LogP contribution in [-0.2, 0) is 18.0 Å². The van der Waals surface area contributed by atoms with E-state index < -0.39 is 0 Å². The van der Waals surface area contributed by atoms with Crippen LogP contribution in [0.25, 0.3) is 0 Å². The Morgan fingerprint density at radius 1 is 1.12 bits per heavy atom. The van der Waals surface area contributed by atoms with Gasteiger partial charge < -0.3 is 5.32 Å². The first kappa shape index (κ1) is 16.5. The topological polar surface area (TPSA) is 50.2 Å². The summed E-state index contributed by atoms with van der Waals surface area (Å²) in [5.74, 6) is 0.620. The molecule has 26 heavy (non-hydrogen) atoms. The number of para-hydroxylation sites is 1. The number of hydrogen-bond acceptors (Lipinski definition) is 3. The molecule has 1 aliphatic carbocycles. The Bertz CT molecular complexity index is 847. The molecule has 132 valence electrons. The molecule has 1 fully saturated rings. The first-order chi connectivity index (χ1) is 12.8. The molecule has 1 aromatic heterocycles. The molecule has 0 saturated heterocycles. The normalized spacial score (nSPS) is 18.5. The van der Waals surface area contributed by atoms with Crippen LogP contribution in [0.3, 0.4) is 0 Å². The fraction of sp³-hybridized carbons (Fsp3) is 0.238. The van der Waals surface area contributed by atoms with E-state index in [9.17, 15) is 4.79 Å². The molecule has 4 rings (SSSR count). The largest absolute Gasteiger partial charge is 0.309 e. The van der Waals surface area contributed by atoms with E-state index in [0.717, 1.165) is 24.2 Å². The summed E-state index contributed by atoms with van der Waals surface area (Å²) >= 11 is 0. The minimum atomic E-state index is 0.406. The van der Waals surface area contributed by atoms with E-state index in [0.29, 0.717) is 18.6 Å². The Morgan fingerprint density at radius 3 is 2.58 bits per heavy atom. The van der Waals surface area contributed by atoms with Crippen molar-refractivity contribution in [1.29, 1.82) is 0 Å². The zero-order chi connectivity index (χ0) is 17.8. The van der Waals surface area contributed by atoms with Crippen molar-refractivity contribution in [3.63, 3.8) is 0 Å². The van der Waals surface area contributed by atoms with Gasteiger partial charge in [-0.25, -0.2) is 0 Å². The highest BCUT2D eigenvalue weighted by Gasteiger charge is 2.37. The molecule has 1 heterocycles. The lowest BCUT2D eigenvalue weighted by atomic mass is 10.1. The average molecular weight is 346 g/mol. The lowest BCUT2D eigenvalue weighted by molar-refractivity contribution is -0.107. The molecular formula is C21H22N4O. The van der Waals surface area contributed by atoms with Gasteiger partial charge in [0, 0.05) is 36.0 Å². The first-order valence-electron chi connectivity index (χ1n) is 8.90. The summed E-state index contributed by atoms with van der Waals surface area (Å²) in [4.78, 5) is 13.0. The monoisotopic (exact) mass is 346 g/mol. The quantitative estimate of drug-likeness (QED) is 0.638. The number of carbonyl (C=O) groups is 1. The van der Waals surface area contributed by atoms with E-state index in [-0.39, 0.29) is 0 Å². The van der Waals surface area contributed by atoms with Gasteiger partial charge in [0.1, 0.15) is 6.67 Å². The molecule has 0 aliphatic heterocycles. The summed E-state index contributed by atoms with van der Waals surface area (Å²) in [7, 11) is 0. The summed E-state index contributed by atoms with van der Waals surface area (Å²) in [6.45, 7) is 1.20. The van der Waals surface area contributed by atoms with Gasteiger partial charge in [-0.3, -0.25) is 14.4 Å². The molecule has 1 saturated carbocycles. The molecule has 5 nitrogen and oxygen atoms in total. The van der Waals surface area contributed by atoms with Crippen LogP contribution in [0.5, 0.6) is 0 Å². The molecule has 2 atom stereocenters. The van der Waals surface area contributed by atoms with Crippen molar-refractivity contribution in [2.45, 2.75) is 31.6 Å². The molecule has 1 N–H and O–H groups in total. The molecule has 3 aromatic rings. The van der Waals surface area contributed by atoms with Crippen molar-refractivity contribution in [2.75, 3.05) is 4.90 Å². The van der Waals surface area contributed by atoms with Gasteiger partial charge in [0.05, 0.1) is 6.20 Å². The van der Waals surface area contributed by atoms with Crippen molar-refractivity contribution in [3.8, 4) is 0 Å². The number of amides is 1. The zero-order valence-corrected chi connectivity index (χ0v) is 14.5. The van der Waals surface area contributed by atoms with Gasteiger partial charge in [-0.1, -0.05) is 48.5 Å². The van der Waals surface area contributed by atoms with E-state index in [4.69, 9.17) is 0 Å². The van der Waals surface area contributed by atoms with Crippen LogP contribution >= 0.6 is 0 Å². The Balaban J connectivity index is 1.30. The maximum absolute atomic E-state index is 11.4. The highest BCUT2D eigenvalue weighted by molar-refractivity contribution is 5.74. The number of anilines is 1. The van der Waals surface area contributed by atoms with Gasteiger partial charge in [0.15, 0.2) is 0 Å². The highest BCUT2D eigenvalue weighted by atomic mass is 16.1. The number of rotatable bonds is 8. The average Bonchev–Trinajstić information content (AvgIpc) is 3.35. The molecule has 2 aromatic carbocycles. The van der Waals surface area contributed by atoms with E-state index in [1.165, 1.54) is 12.0 Å². The van der Waals surface area contributed by atoms with Crippen LogP contribution in [0.2, 0.25) is 0 Å². The lowest BCUT2D eigenvalue weighted by Gasteiger charge is -2.17. The Hall–Kier alpha value is -2.92. The number of nitrogens with one attached hydrogen (secondary N) is 1. The number of aromatic nitrogens is 2. The Labute approximate surface area is 153 Å². The van der Waals surface area contributed by atoms with Gasteiger partial charge in [0.2, 0.25) is 6.41 Å². The first-order valence-corrected chi connectivity index (χ1v) is 8.90. The fourth-order valence-corrected chi connectivity index (χ4v) is 3.26. The molecular weight excluding hydrogens is 324 g/mol. The predicted molar refractivity (Wildman–Crippen MR) is 102 cm³/mol. The lowest BCUT2D eigenvalue weighted by Crippen LogP contribution is -2.24. The van der Waals surface area contributed by atoms with E-state index >= 15 is 0 Å². The minimum absolute atomic E-state index is 0.406. The molecule has 1 aliphatic rings. The molecule has 0 bridgehead atoms. The van der Waals surface area contributed by atoms with Crippen LogP contribution in [-0.4, -0.2) is 22.2 Å². The van der Waals surface area contributed by atoms with Gasteiger partial charge in [0.25, 0.3) is 0 Å². The third-order valence-corrected chi connectivity index (χ3v) is 4.79. The zero-order valence-electron chi connectivity index (χ0n) is 14.5. The van der Waals surface area contributed by atoms with Gasteiger partial charge in [-0.15, -0.1) is 0 Å². The van der Waals surface area contributed by atoms with E-state index in [1.807, 2.05) is 42.7 Å². The molecule has 0 spiro atoms. The van der Waals surface area contributed by atoms with E-state index in [1.54, 1.807) is 9.58 Å². The van der Waals surface area contributed by atoms with Crippen molar-refractivity contribution in [2.24, 2.45) is 0 Å². The summed E-state index contributed by atoms with van der Waals surface area (Å²) in [6, 6.07) is 20.8. The predicted octanol–water partition coefficient (Wildman–Crippen LogP) is 3.15. The molecule has 0 radical (unpaired) electrons. The smallest absolute Gasteiger partial charge is 0.215 e. The second kappa shape index (κ2) is 7.54. The third kappa shape index (κ3) is 3.83. The van der Waals surface area contributed by atoms with Crippen LogP contribution in [0.4, 0.5) is 5.69 Å². The standard InChI is InChI=1S/C21H22N4O/c26-16-24(19-9-5-2-6-10-19)15-25-14-17(13-23-25)12-22-21-11-20(21)18-7-3-1-4-8-18/h1-10,13-14,16,20-22H,11-12,15H2. The summed E-state index contributed by atoms with van der Waals surface area (Å²) < 4.78 is 1.79.